The summed E-state index contributed by atoms with van der Waals surface area (Å²) in [6, 6.07) is 3.76. The zero-order valence-electron chi connectivity index (χ0n) is 18.1. The van der Waals surface area contributed by atoms with Gasteiger partial charge < -0.3 is 25.7 Å². The molecule has 1 aromatic carbocycles. The predicted molar refractivity (Wildman–Crippen MR) is 107 cm³/mol. The van der Waals surface area contributed by atoms with Crippen LogP contribution in [0.4, 0.5) is 27.6 Å². The van der Waals surface area contributed by atoms with Crippen molar-refractivity contribution in [3.8, 4) is 5.75 Å². The molecule has 0 aliphatic carbocycles. The molecule has 0 bridgehead atoms. The summed E-state index contributed by atoms with van der Waals surface area (Å²) in [5.41, 5.74) is 1.40. The second-order valence-corrected chi connectivity index (χ2v) is 7.92. The number of benzene rings is 1. The summed E-state index contributed by atoms with van der Waals surface area (Å²) in [7, 11) is 1.01. The van der Waals surface area contributed by atoms with Crippen LogP contribution in [0.5, 0.6) is 5.75 Å². The molecule has 1 fully saturated rings. The molecule has 0 saturated carbocycles. The van der Waals surface area contributed by atoms with E-state index >= 15 is 0 Å². The minimum absolute atomic E-state index is 0.126. The molecular weight excluding hydrogens is 469 g/mol. The Hall–Kier alpha value is -3.48. The van der Waals surface area contributed by atoms with Crippen LogP contribution in [0.2, 0.25) is 0 Å². The number of ether oxygens (including phenoxy) is 2. The molecule has 0 spiro atoms. The number of nitrogens with two attached hydrogens (primary N) is 1. The Balaban J connectivity index is 2.08. The maximum absolute atomic E-state index is 14.4. The highest BCUT2D eigenvalue weighted by molar-refractivity contribution is 5.97. The molecule has 2 heterocycles. The van der Waals surface area contributed by atoms with Gasteiger partial charge in [0.25, 0.3) is 11.6 Å². The molecule has 4 atom stereocenters. The molecule has 13 heteroatoms. The van der Waals surface area contributed by atoms with Crippen molar-refractivity contribution in [2.45, 2.75) is 37.6 Å². The van der Waals surface area contributed by atoms with Gasteiger partial charge in [-0.15, -0.1) is 0 Å². The van der Waals surface area contributed by atoms with E-state index in [4.69, 9.17) is 15.2 Å². The second kappa shape index (κ2) is 8.70. The molecule has 184 valence electrons. The monoisotopic (exact) mass is 489 g/mol. The van der Waals surface area contributed by atoms with E-state index < -0.39 is 64.6 Å². The van der Waals surface area contributed by atoms with Gasteiger partial charge >= 0.3 is 12.1 Å². The van der Waals surface area contributed by atoms with Crippen molar-refractivity contribution in [2.75, 3.05) is 12.4 Å². The number of nitrogens with one attached hydrogen (secondary N) is 1. The van der Waals surface area contributed by atoms with E-state index in [9.17, 15) is 36.7 Å². The Morgan fingerprint density at radius 1 is 1.26 bits per heavy atom. The highest BCUT2D eigenvalue weighted by atomic mass is 19.4. The van der Waals surface area contributed by atoms with Crippen molar-refractivity contribution >= 4 is 17.5 Å². The third-order valence-corrected chi connectivity index (χ3v) is 6.01. The fourth-order valence-corrected chi connectivity index (χ4v) is 4.00. The molecule has 1 aliphatic rings. The normalized spacial score (nSPS) is 24.6. The number of carbonyl (C=O) groups excluding carboxylic acids is 2. The number of aromatic nitrogens is 1. The average molecular weight is 489 g/mol. The number of nitrogens with zero attached hydrogens (tertiary/aromatic N) is 1. The van der Waals surface area contributed by atoms with Crippen molar-refractivity contribution in [3.05, 3.63) is 58.6 Å². The number of pyridine rings is 1. The highest BCUT2D eigenvalue weighted by Crippen LogP contribution is 2.55. The van der Waals surface area contributed by atoms with Crippen molar-refractivity contribution in [3.63, 3.8) is 0 Å². The Morgan fingerprint density at radius 3 is 2.47 bits per heavy atom. The van der Waals surface area contributed by atoms with E-state index in [1.54, 1.807) is 0 Å². The van der Waals surface area contributed by atoms with Gasteiger partial charge in [-0.25, -0.2) is 4.39 Å². The van der Waals surface area contributed by atoms with Crippen LogP contribution in [0.25, 0.3) is 0 Å². The van der Waals surface area contributed by atoms with Crippen LogP contribution in [0, 0.1) is 22.8 Å². The summed E-state index contributed by atoms with van der Waals surface area (Å²) >= 11 is 0. The molecule has 1 aliphatic heterocycles. The van der Waals surface area contributed by atoms with Crippen molar-refractivity contribution in [2.24, 2.45) is 11.7 Å². The molecule has 2 aromatic rings. The Labute approximate surface area is 190 Å². The topological polar surface area (TPSA) is 118 Å². The zero-order valence-corrected chi connectivity index (χ0v) is 18.1. The number of primary amides is 1. The largest absolute Gasteiger partial charge is 0.618 e. The van der Waals surface area contributed by atoms with Gasteiger partial charge in [-0.05, 0) is 13.0 Å². The van der Waals surface area contributed by atoms with E-state index in [0.717, 1.165) is 38.4 Å². The summed E-state index contributed by atoms with van der Waals surface area (Å²) in [6.07, 6.45) is -5.90. The maximum Gasteiger partial charge on any atom is 0.417 e. The standard InChI is InChI=1S/C21H20F5N3O5/c1-9-14(11-4-5-12(22)15(23)16(11)33-3)17(34-20(9,2)21(24,25)26)19(31)28-10-6-7-29(32)13(8-10)18(27)30/h4-9,14,17H,1-3H3,(H2,27,30)(H,28,31)/t9-,14-,17+,20-/m0/s1. The number of rotatable bonds is 5. The van der Waals surface area contributed by atoms with E-state index in [2.05, 4.69) is 5.32 Å². The van der Waals surface area contributed by atoms with Gasteiger partial charge in [0.15, 0.2) is 23.4 Å². The van der Waals surface area contributed by atoms with Crippen LogP contribution in [0.1, 0.15) is 35.8 Å². The van der Waals surface area contributed by atoms with Crippen LogP contribution in [-0.4, -0.2) is 36.8 Å². The Morgan fingerprint density at radius 2 is 1.91 bits per heavy atom. The molecule has 8 nitrogen and oxygen atoms in total. The molecule has 1 aromatic heterocycles. The van der Waals surface area contributed by atoms with Crippen LogP contribution in [0.3, 0.4) is 0 Å². The first-order chi connectivity index (χ1) is 15.7. The van der Waals surface area contributed by atoms with Gasteiger partial charge in [-0.2, -0.15) is 22.3 Å². The minimum atomic E-state index is -4.93. The van der Waals surface area contributed by atoms with E-state index in [-0.39, 0.29) is 16.0 Å². The molecule has 0 radical (unpaired) electrons. The average Bonchev–Trinajstić information content (AvgIpc) is 3.03. The lowest BCUT2D eigenvalue weighted by Crippen LogP contribution is -2.47. The smallest absolute Gasteiger partial charge is 0.417 e. The summed E-state index contributed by atoms with van der Waals surface area (Å²) in [4.78, 5) is 24.4. The first kappa shape index (κ1) is 25.1. The van der Waals surface area contributed by atoms with Gasteiger partial charge in [0, 0.05) is 29.5 Å². The van der Waals surface area contributed by atoms with Gasteiger partial charge in [-0.3, -0.25) is 9.59 Å². The lowest BCUT2D eigenvalue weighted by Gasteiger charge is -2.32. The van der Waals surface area contributed by atoms with E-state index in [1.807, 2.05) is 0 Å². The molecule has 34 heavy (non-hydrogen) atoms. The number of anilines is 1. The molecule has 0 unspecified atom stereocenters. The summed E-state index contributed by atoms with van der Waals surface area (Å²) in [5, 5.41) is 13.9. The molecule has 3 N–H and O–H groups in total. The Bertz CT molecular complexity index is 1140. The highest BCUT2D eigenvalue weighted by Gasteiger charge is 2.65. The minimum Gasteiger partial charge on any atom is -0.618 e. The van der Waals surface area contributed by atoms with Gasteiger partial charge in [-0.1, -0.05) is 13.0 Å². The number of halogens is 5. The number of methoxy groups -OCH3 is 1. The maximum atomic E-state index is 14.4. The first-order valence-corrected chi connectivity index (χ1v) is 9.83. The number of carbonyl (C=O) groups is 2. The van der Waals surface area contributed by atoms with E-state index in [1.165, 1.54) is 6.92 Å². The van der Waals surface area contributed by atoms with Crippen LogP contribution in [0.15, 0.2) is 30.5 Å². The van der Waals surface area contributed by atoms with Gasteiger partial charge in [0.05, 0.1) is 12.8 Å². The number of amides is 2. The van der Waals surface area contributed by atoms with Crippen molar-refractivity contribution in [1.29, 1.82) is 0 Å². The second-order valence-electron chi connectivity index (χ2n) is 7.92. The van der Waals surface area contributed by atoms with Gasteiger partial charge in [0.1, 0.15) is 6.10 Å². The third-order valence-electron chi connectivity index (χ3n) is 6.01. The molecule has 3 rings (SSSR count). The van der Waals surface area contributed by atoms with Crippen LogP contribution >= 0.6 is 0 Å². The predicted octanol–water partition coefficient (Wildman–Crippen LogP) is 2.78. The SMILES string of the molecule is COc1c([C@H]2[C@H](C(=O)Nc3cc[n+]([O-])c(C(N)=O)c3)O[C@](C)(C(F)(F)F)[C@H]2C)ccc(F)c1F. The van der Waals surface area contributed by atoms with Crippen LogP contribution in [-0.2, 0) is 9.53 Å². The third kappa shape index (κ3) is 4.11. The first-order valence-electron chi connectivity index (χ1n) is 9.83. The number of hydrogen-bond donors (Lipinski definition) is 2. The van der Waals surface area contributed by atoms with Crippen LogP contribution < -0.4 is 20.5 Å². The summed E-state index contributed by atoms with van der Waals surface area (Å²) in [5.74, 6) is -8.43. The molecule has 1 saturated heterocycles. The lowest BCUT2D eigenvalue weighted by atomic mass is 9.77. The van der Waals surface area contributed by atoms with Crippen molar-refractivity contribution in [1.82, 2.24) is 0 Å². The summed E-state index contributed by atoms with van der Waals surface area (Å²) in [6.45, 7) is 1.92. The van der Waals surface area contributed by atoms with Crippen molar-refractivity contribution < 1.29 is 45.7 Å². The van der Waals surface area contributed by atoms with E-state index in [0.29, 0.717) is 6.07 Å². The Kier molecular flexibility index (Phi) is 6.44. The zero-order chi connectivity index (χ0) is 25.6. The fourth-order valence-electron chi connectivity index (χ4n) is 4.00. The number of hydrogen-bond acceptors (Lipinski definition) is 5. The quantitative estimate of drug-likeness (QED) is 0.381. The fraction of sp³-hybridized carbons (Fsp3) is 0.381. The molecular formula is C21H20F5N3O5. The lowest BCUT2D eigenvalue weighted by molar-refractivity contribution is -0.607. The van der Waals surface area contributed by atoms with Gasteiger partial charge in [0.2, 0.25) is 5.82 Å². The molecule has 2 amide bonds. The summed E-state index contributed by atoms with van der Waals surface area (Å²) < 4.78 is 80.2. The number of alkyl halides is 3.